The number of benzene rings is 1. The molecule has 0 bridgehead atoms. The van der Waals surface area contributed by atoms with Crippen molar-refractivity contribution in [3.63, 3.8) is 0 Å². The molecule has 14 heavy (non-hydrogen) atoms. The van der Waals surface area contributed by atoms with E-state index in [0.29, 0.717) is 20.5 Å². The van der Waals surface area contributed by atoms with Crippen LogP contribution in [0.4, 0.5) is 0 Å². The smallest absolute Gasteiger partial charge is 0.264 e. The van der Waals surface area contributed by atoms with Gasteiger partial charge in [0.15, 0.2) is 0 Å². The molecule has 2 nitrogen and oxygen atoms in total. The fourth-order valence-corrected chi connectivity index (χ4v) is 1.74. The largest absolute Gasteiger partial charge is 0.439 e. The Balaban J connectivity index is 2.55. The van der Waals surface area contributed by atoms with E-state index in [2.05, 4.69) is 20.9 Å². The first kappa shape index (κ1) is 10.0. The molecule has 0 amide bonds. The molecule has 1 heterocycles. The van der Waals surface area contributed by atoms with E-state index in [-0.39, 0.29) is 0 Å². The Bertz CT molecular complexity index is 470. The summed E-state index contributed by atoms with van der Waals surface area (Å²) < 4.78 is 5.02. The van der Waals surface area contributed by atoms with Gasteiger partial charge in [-0.3, -0.25) is 0 Å². The molecule has 72 valence electrons. The van der Waals surface area contributed by atoms with Gasteiger partial charge in [-0.1, -0.05) is 23.2 Å². The first-order valence-electron chi connectivity index (χ1n) is 3.73. The molecule has 0 aliphatic heterocycles. The minimum Gasteiger partial charge on any atom is -0.439 e. The molecular weight excluding hydrogens is 289 g/mol. The van der Waals surface area contributed by atoms with Crippen LogP contribution in [0, 0.1) is 0 Å². The predicted octanol–water partition coefficient (Wildman–Crippen LogP) is 4.41. The zero-order valence-corrected chi connectivity index (χ0v) is 9.90. The molecule has 5 heteroatoms. The highest BCUT2D eigenvalue weighted by atomic mass is 79.9. The van der Waals surface area contributed by atoms with Gasteiger partial charge >= 0.3 is 0 Å². The van der Waals surface area contributed by atoms with Crippen LogP contribution in [0.5, 0.6) is 0 Å². The number of oxazole rings is 1. The molecule has 0 atom stereocenters. The standard InChI is InChI=1S/C9H4BrCl2NO/c10-9-13-8(4-14-9)6-3-5(11)1-2-7(6)12/h1-4H. The Morgan fingerprint density at radius 3 is 2.71 bits per heavy atom. The summed E-state index contributed by atoms with van der Waals surface area (Å²) in [7, 11) is 0. The maximum Gasteiger partial charge on any atom is 0.264 e. The monoisotopic (exact) mass is 291 g/mol. The Morgan fingerprint density at radius 1 is 1.29 bits per heavy atom. The third-order valence-corrected chi connectivity index (χ3v) is 2.61. The molecule has 1 aromatic heterocycles. The van der Waals surface area contributed by atoms with E-state index >= 15 is 0 Å². The molecule has 0 spiro atoms. The second-order valence-electron chi connectivity index (χ2n) is 2.61. The van der Waals surface area contributed by atoms with E-state index in [0.717, 1.165) is 5.56 Å². The first-order chi connectivity index (χ1) is 6.66. The summed E-state index contributed by atoms with van der Waals surface area (Å²) >= 11 is 14.9. The first-order valence-corrected chi connectivity index (χ1v) is 5.28. The average molecular weight is 293 g/mol. The Hall–Kier alpha value is -0.510. The third kappa shape index (κ3) is 1.95. The van der Waals surface area contributed by atoms with Crippen molar-refractivity contribution in [2.24, 2.45) is 0 Å². The van der Waals surface area contributed by atoms with Crippen molar-refractivity contribution in [3.05, 3.63) is 39.3 Å². The maximum absolute atomic E-state index is 5.98. The van der Waals surface area contributed by atoms with Crippen LogP contribution in [0.15, 0.2) is 33.7 Å². The minimum absolute atomic E-state index is 0.420. The lowest BCUT2D eigenvalue weighted by Gasteiger charge is -1.99. The summed E-state index contributed by atoms with van der Waals surface area (Å²) in [5.74, 6) is 0. The van der Waals surface area contributed by atoms with Gasteiger partial charge in [-0.15, -0.1) is 0 Å². The highest BCUT2D eigenvalue weighted by molar-refractivity contribution is 9.10. The van der Waals surface area contributed by atoms with Crippen LogP contribution in [0.3, 0.4) is 0 Å². The third-order valence-electron chi connectivity index (χ3n) is 1.68. The van der Waals surface area contributed by atoms with Gasteiger partial charge in [0.25, 0.3) is 4.80 Å². The summed E-state index contributed by atoms with van der Waals surface area (Å²) in [6, 6.07) is 5.19. The van der Waals surface area contributed by atoms with Crippen molar-refractivity contribution in [3.8, 4) is 11.3 Å². The van der Waals surface area contributed by atoms with E-state index < -0.39 is 0 Å². The molecule has 0 saturated carbocycles. The number of nitrogens with zero attached hydrogens (tertiary/aromatic N) is 1. The maximum atomic E-state index is 5.98. The van der Waals surface area contributed by atoms with Crippen LogP contribution < -0.4 is 0 Å². The van der Waals surface area contributed by atoms with Gasteiger partial charge in [0.05, 0.1) is 5.02 Å². The molecule has 1 aromatic carbocycles. The molecule has 2 rings (SSSR count). The van der Waals surface area contributed by atoms with Crippen LogP contribution in [-0.2, 0) is 0 Å². The summed E-state index contributed by atoms with van der Waals surface area (Å²) in [6.45, 7) is 0. The van der Waals surface area contributed by atoms with E-state index in [1.54, 1.807) is 18.2 Å². The molecule has 0 N–H and O–H groups in total. The highest BCUT2D eigenvalue weighted by Gasteiger charge is 2.08. The quantitative estimate of drug-likeness (QED) is 0.778. The minimum atomic E-state index is 0.420. The van der Waals surface area contributed by atoms with Gasteiger partial charge in [-0.05, 0) is 18.2 Å². The summed E-state index contributed by atoms with van der Waals surface area (Å²) in [5, 5.41) is 1.21. The van der Waals surface area contributed by atoms with Crippen LogP contribution in [0.25, 0.3) is 11.3 Å². The fourth-order valence-electron chi connectivity index (χ4n) is 1.07. The lowest BCUT2D eigenvalue weighted by Crippen LogP contribution is -1.79. The molecule has 0 aliphatic carbocycles. The van der Waals surface area contributed by atoms with E-state index in [1.165, 1.54) is 6.26 Å². The van der Waals surface area contributed by atoms with Crippen molar-refractivity contribution >= 4 is 39.1 Å². The van der Waals surface area contributed by atoms with Crippen LogP contribution in [-0.4, -0.2) is 4.98 Å². The van der Waals surface area contributed by atoms with Crippen molar-refractivity contribution in [1.29, 1.82) is 0 Å². The topological polar surface area (TPSA) is 26.0 Å². The average Bonchev–Trinajstić information content (AvgIpc) is 2.56. The van der Waals surface area contributed by atoms with Gasteiger partial charge in [0.1, 0.15) is 12.0 Å². The van der Waals surface area contributed by atoms with Gasteiger partial charge in [-0.25, -0.2) is 4.98 Å². The van der Waals surface area contributed by atoms with Gasteiger partial charge in [-0.2, -0.15) is 0 Å². The predicted molar refractivity (Wildman–Crippen MR) is 59.7 cm³/mol. The Morgan fingerprint density at radius 2 is 2.07 bits per heavy atom. The van der Waals surface area contributed by atoms with Crippen molar-refractivity contribution < 1.29 is 4.42 Å². The van der Waals surface area contributed by atoms with Gasteiger partial charge in [0.2, 0.25) is 0 Å². The van der Waals surface area contributed by atoms with Crippen molar-refractivity contribution in [1.82, 2.24) is 4.98 Å². The summed E-state index contributed by atoms with van der Waals surface area (Å²) in [4.78, 5) is 4.51. The van der Waals surface area contributed by atoms with Gasteiger partial charge < -0.3 is 4.42 Å². The van der Waals surface area contributed by atoms with Crippen molar-refractivity contribution in [2.75, 3.05) is 0 Å². The summed E-state index contributed by atoms with van der Waals surface area (Å²) in [5.41, 5.74) is 1.41. The normalized spacial score (nSPS) is 10.5. The number of halogens is 3. The lowest BCUT2D eigenvalue weighted by atomic mass is 10.2. The second-order valence-corrected chi connectivity index (χ2v) is 4.13. The number of rotatable bonds is 1. The molecule has 0 unspecified atom stereocenters. The fraction of sp³-hybridized carbons (Fsp3) is 0. The molecule has 0 radical (unpaired) electrons. The zero-order valence-electron chi connectivity index (χ0n) is 6.80. The molecule has 0 fully saturated rings. The van der Waals surface area contributed by atoms with Crippen LogP contribution >= 0.6 is 39.1 Å². The highest BCUT2D eigenvalue weighted by Crippen LogP contribution is 2.30. The lowest BCUT2D eigenvalue weighted by molar-refractivity contribution is 0.529. The number of hydrogen-bond donors (Lipinski definition) is 0. The van der Waals surface area contributed by atoms with E-state index in [4.69, 9.17) is 27.6 Å². The second kappa shape index (κ2) is 3.93. The van der Waals surface area contributed by atoms with E-state index in [1.807, 2.05) is 0 Å². The van der Waals surface area contributed by atoms with Gasteiger partial charge in [0, 0.05) is 26.5 Å². The summed E-state index contributed by atoms with van der Waals surface area (Å²) in [6.07, 6.45) is 1.52. The number of hydrogen-bond acceptors (Lipinski definition) is 2. The van der Waals surface area contributed by atoms with E-state index in [9.17, 15) is 0 Å². The molecule has 0 aliphatic rings. The van der Waals surface area contributed by atoms with Crippen LogP contribution in [0.2, 0.25) is 10.0 Å². The zero-order chi connectivity index (χ0) is 10.1. The number of aromatic nitrogens is 1. The molecular formula is C9H4BrCl2NO. The Kier molecular flexibility index (Phi) is 2.81. The van der Waals surface area contributed by atoms with Crippen LogP contribution in [0.1, 0.15) is 0 Å². The Labute approximate surface area is 99.0 Å². The molecule has 0 saturated heterocycles. The molecule has 2 aromatic rings. The van der Waals surface area contributed by atoms with Crippen molar-refractivity contribution in [2.45, 2.75) is 0 Å². The SMILES string of the molecule is Clc1ccc(Cl)c(-c2coc(Br)n2)c1.